The van der Waals surface area contributed by atoms with Crippen molar-refractivity contribution >= 4 is 11.9 Å². The highest BCUT2D eigenvalue weighted by atomic mass is 16.6. The van der Waals surface area contributed by atoms with Gasteiger partial charge in [0.25, 0.3) is 0 Å². The predicted molar refractivity (Wildman–Crippen MR) is 60.8 cm³/mol. The maximum absolute atomic E-state index is 11.7. The molecule has 0 saturated heterocycles. The zero-order valence-corrected chi connectivity index (χ0v) is 10.4. The Kier molecular flexibility index (Phi) is 6.46. The molecule has 4 heteroatoms. The average Bonchev–Trinajstić information content (AvgIpc) is 2.26. The summed E-state index contributed by atoms with van der Waals surface area (Å²) in [5.41, 5.74) is -1.33. The maximum atomic E-state index is 11.7. The Hall–Kier alpha value is -1.32. The van der Waals surface area contributed by atoms with E-state index in [-0.39, 0.29) is 13.2 Å². The summed E-state index contributed by atoms with van der Waals surface area (Å²) in [6.45, 7) is 7.32. The normalized spacial score (nSPS) is 11.5. The number of ether oxygens (including phenoxy) is 2. The molecule has 0 saturated carbocycles. The monoisotopic (exact) mass is 228 g/mol. The summed E-state index contributed by atoms with van der Waals surface area (Å²) >= 11 is 0. The third-order valence-electron chi connectivity index (χ3n) is 2.09. The number of hydrogen-bond donors (Lipinski definition) is 0. The lowest BCUT2D eigenvalue weighted by Crippen LogP contribution is -2.37. The van der Waals surface area contributed by atoms with E-state index in [0.717, 1.165) is 6.42 Å². The molecule has 0 fully saturated rings. The van der Waals surface area contributed by atoms with Crippen molar-refractivity contribution in [1.29, 1.82) is 0 Å². The second-order valence-corrected chi connectivity index (χ2v) is 3.45. The Balaban J connectivity index is 4.94. The Labute approximate surface area is 96.6 Å². The molecule has 16 heavy (non-hydrogen) atoms. The van der Waals surface area contributed by atoms with Gasteiger partial charge in [0.15, 0.2) is 5.41 Å². The smallest absolute Gasteiger partial charge is 0.327 e. The second kappa shape index (κ2) is 7.04. The van der Waals surface area contributed by atoms with Crippen molar-refractivity contribution in [3.63, 3.8) is 0 Å². The van der Waals surface area contributed by atoms with Crippen molar-refractivity contribution in [3.05, 3.63) is 12.2 Å². The summed E-state index contributed by atoms with van der Waals surface area (Å²) in [5.74, 6) is -1.14. The first-order valence-electron chi connectivity index (χ1n) is 5.55. The Bertz CT molecular complexity index is 250. The van der Waals surface area contributed by atoms with Crippen LogP contribution in [-0.4, -0.2) is 25.2 Å². The second-order valence-electron chi connectivity index (χ2n) is 3.45. The first-order valence-corrected chi connectivity index (χ1v) is 5.55. The van der Waals surface area contributed by atoms with Gasteiger partial charge in [-0.3, -0.25) is 9.59 Å². The van der Waals surface area contributed by atoms with E-state index in [2.05, 4.69) is 0 Å². The van der Waals surface area contributed by atoms with E-state index in [1.807, 2.05) is 6.92 Å². The summed E-state index contributed by atoms with van der Waals surface area (Å²) < 4.78 is 9.76. The van der Waals surface area contributed by atoms with Gasteiger partial charge in [-0.2, -0.15) is 0 Å². The first-order chi connectivity index (χ1) is 7.52. The lowest BCUT2D eigenvalue weighted by Gasteiger charge is -2.21. The molecular weight excluding hydrogens is 208 g/mol. The zero-order chi connectivity index (χ0) is 12.6. The molecule has 0 heterocycles. The SMILES string of the molecule is CCC=CC(C)(C(=O)OCC)C(=O)OCC. The van der Waals surface area contributed by atoms with E-state index in [4.69, 9.17) is 9.47 Å². The van der Waals surface area contributed by atoms with Gasteiger partial charge in [0.2, 0.25) is 0 Å². The molecule has 0 aliphatic rings. The number of allylic oxidation sites excluding steroid dienone is 1. The molecule has 0 bridgehead atoms. The van der Waals surface area contributed by atoms with Crippen molar-refractivity contribution in [3.8, 4) is 0 Å². The van der Waals surface area contributed by atoms with Crippen LogP contribution in [0.15, 0.2) is 12.2 Å². The van der Waals surface area contributed by atoms with Gasteiger partial charge in [-0.1, -0.05) is 19.1 Å². The predicted octanol–water partition coefficient (Wildman–Crippen LogP) is 2.09. The highest BCUT2D eigenvalue weighted by Crippen LogP contribution is 2.23. The molecule has 0 radical (unpaired) electrons. The van der Waals surface area contributed by atoms with E-state index in [1.54, 1.807) is 26.0 Å². The third-order valence-corrected chi connectivity index (χ3v) is 2.09. The first kappa shape index (κ1) is 14.7. The Morgan fingerprint density at radius 3 is 1.81 bits per heavy atom. The molecule has 0 aliphatic heterocycles. The van der Waals surface area contributed by atoms with Crippen LogP contribution >= 0.6 is 0 Å². The molecule has 0 unspecified atom stereocenters. The van der Waals surface area contributed by atoms with Crippen LogP contribution in [0.1, 0.15) is 34.1 Å². The van der Waals surface area contributed by atoms with E-state index in [0.29, 0.717) is 0 Å². The van der Waals surface area contributed by atoms with Gasteiger partial charge in [0.1, 0.15) is 0 Å². The zero-order valence-electron chi connectivity index (χ0n) is 10.4. The fourth-order valence-electron chi connectivity index (χ4n) is 1.13. The highest BCUT2D eigenvalue weighted by Gasteiger charge is 2.41. The standard InChI is InChI=1S/C12H20O4/c1-5-8-9-12(4,10(13)15-6-2)11(14)16-7-3/h8-9H,5-7H2,1-4H3. The van der Waals surface area contributed by atoms with Gasteiger partial charge in [-0.25, -0.2) is 0 Å². The number of carbonyl (C=O) groups is 2. The molecule has 92 valence electrons. The van der Waals surface area contributed by atoms with Gasteiger partial charge < -0.3 is 9.47 Å². The van der Waals surface area contributed by atoms with E-state index >= 15 is 0 Å². The van der Waals surface area contributed by atoms with Gasteiger partial charge >= 0.3 is 11.9 Å². The van der Waals surface area contributed by atoms with Crippen molar-refractivity contribution in [2.75, 3.05) is 13.2 Å². The molecule has 4 nitrogen and oxygen atoms in total. The third kappa shape index (κ3) is 3.68. The Morgan fingerprint density at radius 2 is 1.50 bits per heavy atom. The minimum Gasteiger partial charge on any atom is -0.465 e. The van der Waals surface area contributed by atoms with Crippen molar-refractivity contribution in [2.45, 2.75) is 34.1 Å². The number of hydrogen-bond acceptors (Lipinski definition) is 4. The molecule has 0 aliphatic carbocycles. The van der Waals surface area contributed by atoms with Crippen LogP contribution in [0.25, 0.3) is 0 Å². The Morgan fingerprint density at radius 1 is 1.06 bits per heavy atom. The van der Waals surface area contributed by atoms with Gasteiger partial charge in [0.05, 0.1) is 13.2 Å². The summed E-state index contributed by atoms with van der Waals surface area (Å²) in [6, 6.07) is 0. The van der Waals surface area contributed by atoms with E-state index in [1.165, 1.54) is 6.92 Å². The molecule has 0 aromatic carbocycles. The molecule has 0 aromatic rings. The van der Waals surface area contributed by atoms with E-state index < -0.39 is 17.4 Å². The van der Waals surface area contributed by atoms with Crippen LogP contribution in [0.2, 0.25) is 0 Å². The van der Waals surface area contributed by atoms with Crippen LogP contribution in [0.5, 0.6) is 0 Å². The van der Waals surface area contributed by atoms with Crippen LogP contribution in [0.4, 0.5) is 0 Å². The summed E-state index contributed by atoms with van der Waals surface area (Å²) in [7, 11) is 0. The fourth-order valence-corrected chi connectivity index (χ4v) is 1.13. The topological polar surface area (TPSA) is 52.6 Å². The van der Waals surface area contributed by atoms with Crippen molar-refractivity contribution in [2.24, 2.45) is 5.41 Å². The lowest BCUT2D eigenvalue weighted by molar-refractivity contribution is -0.166. The quantitative estimate of drug-likeness (QED) is 0.397. The maximum Gasteiger partial charge on any atom is 0.327 e. The van der Waals surface area contributed by atoms with Crippen molar-refractivity contribution < 1.29 is 19.1 Å². The molecule has 0 rings (SSSR count). The molecule has 0 amide bonds. The molecule has 0 N–H and O–H groups in total. The van der Waals surface area contributed by atoms with Crippen LogP contribution in [0.3, 0.4) is 0 Å². The van der Waals surface area contributed by atoms with Crippen molar-refractivity contribution in [1.82, 2.24) is 0 Å². The molecule has 0 atom stereocenters. The fraction of sp³-hybridized carbons (Fsp3) is 0.667. The number of esters is 2. The number of carbonyl (C=O) groups excluding carboxylic acids is 2. The highest BCUT2D eigenvalue weighted by molar-refractivity contribution is 6.01. The lowest BCUT2D eigenvalue weighted by atomic mass is 9.90. The molecular formula is C12H20O4. The van der Waals surface area contributed by atoms with Gasteiger partial charge in [0, 0.05) is 0 Å². The molecule has 0 aromatic heterocycles. The van der Waals surface area contributed by atoms with Crippen LogP contribution < -0.4 is 0 Å². The minimum absolute atomic E-state index is 0.244. The van der Waals surface area contributed by atoms with E-state index in [9.17, 15) is 9.59 Å². The number of rotatable bonds is 6. The minimum atomic E-state index is -1.33. The largest absolute Gasteiger partial charge is 0.465 e. The van der Waals surface area contributed by atoms with Crippen LogP contribution in [-0.2, 0) is 19.1 Å². The van der Waals surface area contributed by atoms with Crippen LogP contribution in [0, 0.1) is 5.41 Å². The average molecular weight is 228 g/mol. The van der Waals surface area contributed by atoms with Gasteiger partial charge in [-0.15, -0.1) is 0 Å². The van der Waals surface area contributed by atoms with Gasteiger partial charge in [-0.05, 0) is 27.2 Å². The summed E-state index contributed by atoms with van der Waals surface area (Å²) in [5, 5.41) is 0. The summed E-state index contributed by atoms with van der Waals surface area (Å²) in [6.07, 6.45) is 4.05. The summed E-state index contributed by atoms with van der Waals surface area (Å²) in [4.78, 5) is 23.4. The molecule has 0 spiro atoms.